The first kappa shape index (κ1) is 12.0. The first-order valence-corrected chi connectivity index (χ1v) is 6.92. The fraction of sp³-hybridized carbons (Fsp3) is 0.571. The summed E-state index contributed by atoms with van der Waals surface area (Å²) in [7, 11) is 0. The zero-order valence-electron chi connectivity index (χ0n) is 10.7. The van der Waals surface area contributed by atoms with Crippen LogP contribution in [0.3, 0.4) is 0 Å². The van der Waals surface area contributed by atoms with E-state index in [1.807, 2.05) is 11.9 Å². The van der Waals surface area contributed by atoms with E-state index in [4.69, 9.17) is 0 Å². The van der Waals surface area contributed by atoms with Gasteiger partial charge in [0.1, 0.15) is 0 Å². The Bertz CT molecular complexity index is 371. The summed E-state index contributed by atoms with van der Waals surface area (Å²) < 4.78 is 2.48. The molecule has 1 aliphatic heterocycles. The second-order valence-electron chi connectivity index (χ2n) is 5.10. The van der Waals surface area contributed by atoms with Crippen molar-refractivity contribution >= 4 is 11.9 Å². The van der Waals surface area contributed by atoms with Crippen LogP contribution in [-0.4, -0.2) is 16.9 Å². The van der Waals surface area contributed by atoms with Gasteiger partial charge in [0, 0.05) is 17.5 Å². The molecule has 0 saturated heterocycles. The molecule has 0 bridgehead atoms. The highest BCUT2D eigenvalue weighted by Gasteiger charge is 2.19. The van der Waals surface area contributed by atoms with Crippen molar-refractivity contribution < 1.29 is 0 Å². The van der Waals surface area contributed by atoms with Crippen LogP contribution in [0.15, 0.2) is 23.1 Å². The molecule has 0 N–H and O–H groups in total. The van der Waals surface area contributed by atoms with Crippen molar-refractivity contribution in [3.63, 3.8) is 0 Å². The number of hydrogen-bond acceptors (Lipinski definition) is 2. The van der Waals surface area contributed by atoms with Crippen LogP contribution in [0.2, 0.25) is 0 Å². The van der Waals surface area contributed by atoms with Gasteiger partial charge in [0.25, 0.3) is 0 Å². The summed E-state index contributed by atoms with van der Waals surface area (Å²) >= 11 is 1.93. The molecule has 88 valence electrons. The van der Waals surface area contributed by atoms with Crippen molar-refractivity contribution in [3.05, 3.63) is 29.3 Å². The van der Waals surface area contributed by atoms with Gasteiger partial charge in [-0.15, -0.1) is 0 Å². The summed E-state index contributed by atoms with van der Waals surface area (Å²) in [6.07, 6.45) is 1.19. The molecule has 0 fully saturated rings. The molecule has 0 spiro atoms. The van der Waals surface area contributed by atoms with Crippen LogP contribution in [0.1, 0.15) is 44.7 Å². The lowest BCUT2D eigenvalue weighted by Gasteiger charge is -2.30. The quantitative estimate of drug-likeness (QED) is 0.710. The monoisotopic (exact) mass is 235 g/mol. The maximum atomic E-state index is 2.48. The Morgan fingerprint density at radius 3 is 2.56 bits per heavy atom. The Morgan fingerprint density at radius 1 is 1.19 bits per heavy atom. The van der Waals surface area contributed by atoms with Crippen LogP contribution in [-0.2, 0) is 6.42 Å². The summed E-state index contributed by atoms with van der Waals surface area (Å²) in [4.78, 5) is 1.46. The maximum absolute atomic E-state index is 2.48. The van der Waals surface area contributed by atoms with Crippen molar-refractivity contribution in [3.8, 4) is 0 Å². The van der Waals surface area contributed by atoms with E-state index in [1.54, 1.807) is 0 Å². The highest BCUT2D eigenvalue weighted by Crippen LogP contribution is 2.35. The van der Waals surface area contributed by atoms with E-state index in [0.717, 1.165) is 0 Å². The number of rotatable bonds is 2. The van der Waals surface area contributed by atoms with Crippen molar-refractivity contribution in [2.75, 3.05) is 6.54 Å². The Morgan fingerprint density at radius 2 is 1.94 bits per heavy atom. The molecule has 0 atom stereocenters. The van der Waals surface area contributed by atoms with E-state index in [1.165, 1.54) is 29.0 Å². The van der Waals surface area contributed by atoms with Gasteiger partial charge in [0.05, 0.1) is 0 Å². The van der Waals surface area contributed by atoms with Crippen molar-refractivity contribution in [1.82, 2.24) is 4.31 Å². The summed E-state index contributed by atoms with van der Waals surface area (Å²) in [5, 5.41) is 0. The van der Waals surface area contributed by atoms with Gasteiger partial charge in [0.2, 0.25) is 0 Å². The zero-order chi connectivity index (χ0) is 11.7. The van der Waals surface area contributed by atoms with Gasteiger partial charge in [-0.3, -0.25) is 0 Å². The van der Waals surface area contributed by atoms with Crippen molar-refractivity contribution in [2.45, 2.75) is 51.0 Å². The molecule has 0 unspecified atom stereocenters. The van der Waals surface area contributed by atoms with E-state index in [-0.39, 0.29) is 0 Å². The Labute approximate surface area is 103 Å². The topological polar surface area (TPSA) is 3.24 Å². The third-order valence-electron chi connectivity index (χ3n) is 3.15. The average molecular weight is 235 g/mol. The third kappa shape index (κ3) is 2.44. The molecular formula is C14H21NS. The number of nitrogens with zero attached hydrogens (tertiary/aromatic N) is 1. The molecule has 0 saturated carbocycles. The first-order valence-electron chi connectivity index (χ1n) is 6.15. The number of fused-ring (bicyclic) bond motifs is 1. The molecule has 1 nitrogen and oxygen atoms in total. The van der Waals surface area contributed by atoms with Gasteiger partial charge in [-0.05, 0) is 55.3 Å². The van der Waals surface area contributed by atoms with Gasteiger partial charge in [0.15, 0.2) is 0 Å². The minimum absolute atomic E-state index is 0.625. The van der Waals surface area contributed by atoms with Crippen LogP contribution in [0.5, 0.6) is 0 Å². The second kappa shape index (κ2) is 4.80. The lowest BCUT2D eigenvalue weighted by atomic mass is 10.0. The minimum atomic E-state index is 0.625. The molecule has 1 heterocycles. The molecular weight excluding hydrogens is 214 g/mol. The fourth-order valence-electron chi connectivity index (χ4n) is 1.99. The normalized spacial score (nSPS) is 16.9. The van der Waals surface area contributed by atoms with E-state index in [2.05, 4.69) is 50.2 Å². The molecule has 16 heavy (non-hydrogen) atoms. The lowest BCUT2D eigenvalue weighted by molar-refractivity contribution is 0.392. The first-order chi connectivity index (χ1) is 7.58. The average Bonchev–Trinajstić information content (AvgIpc) is 2.27. The molecule has 0 amide bonds. The largest absolute Gasteiger partial charge is 0.244 e. The SMILES string of the molecule is CC(C)c1ccc2c(c1)SN(C(C)C)CC2. The number of hydrogen-bond donors (Lipinski definition) is 0. The number of benzene rings is 1. The van der Waals surface area contributed by atoms with E-state index >= 15 is 0 Å². The minimum Gasteiger partial charge on any atom is -0.244 e. The fourth-order valence-corrected chi connectivity index (χ4v) is 3.11. The zero-order valence-corrected chi connectivity index (χ0v) is 11.5. The summed E-state index contributed by atoms with van der Waals surface area (Å²) in [6.45, 7) is 10.2. The lowest BCUT2D eigenvalue weighted by Crippen LogP contribution is -2.29. The van der Waals surface area contributed by atoms with Crippen LogP contribution in [0.25, 0.3) is 0 Å². The van der Waals surface area contributed by atoms with E-state index in [9.17, 15) is 0 Å². The molecule has 1 aliphatic rings. The molecule has 0 aromatic heterocycles. The standard InChI is InChI=1S/C14H21NS/c1-10(2)13-6-5-12-7-8-15(11(3)4)16-14(12)9-13/h5-6,9-11H,7-8H2,1-4H3. The maximum Gasteiger partial charge on any atom is 0.0265 e. The van der Waals surface area contributed by atoms with Crippen molar-refractivity contribution in [2.24, 2.45) is 0 Å². The van der Waals surface area contributed by atoms with Gasteiger partial charge >= 0.3 is 0 Å². The van der Waals surface area contributed by atoms with Crippen LogP contribution >= 0.6 is 11.9 Å². The van der Waals surface area contributed by atoms with Gasteiger partial charge < -0.3 is 0 Å². The Balaban J connectivity index is 2.25. The predicted molar refractivity (Wildman–Crippen MR) is 71.9 cm³/mol. The Kier molecular flexibility index (Phi) is 3.60. The van der Waals surface area contributed by atoms with Gasteiger partial charge in [-0.1, -0.05) is 26.0 Å². The van der Waals surface area contributed by atoms with Gasteiger partial charge in [-0.2, -0.15) is 0 Å². The smallest absolute Gasteiger partial charge is 0.0265 e. The van der Waals surface area contributed by atoms with E-state index in [0.29, 0.717) is 12.0 Å². The third-order valence-corrected chi connectivity index (χ3v) is 4.57. The molecule has 1 aromatic rings. The van der Waals surface area contributed by atoms with E-state index < -0.39 is 0 Å². The Hall–Kier alpha value is -0.470. The second-order valence-corrected chi connectivity index (χ2v) is 6.19. The summed E-state index contributed by atoms with van der Waals surface area (Å²) in [5.74, 6) is 0.625. The van der Waals surface area contributed by atoms with Crippen LogP contribution < -0.4 is 0 Å². The molecule has 0 radical (unpaired) electrons. The molecule has 1 aromatic carbocycles. The van der Waals surface area contributed by atoms with Crippen molar-refractivity contribution in [1.29, 1.82) is 0 Å². The van der Waals surface area contributed by atoms with Gasteiger partial charge in [-0.25, -0.2) is 4.31 Å². The summed E-state index contributed by atoms with van der Waals surface area (Å²) in [5.41, 5.74) is 2.98. The summed E-state index contributed by atoms with van der Waals surface area (Å²) in [6, 6.07) is 7.60. The highest BCUT2D eigenvalue weighted by atomic mass is 32.2. The molecule has 0 aliphatic carbocycles. The van der Waals surface area contributed by atoms with Crippen LogP contribution in [0.4, 0.5) is 0 Å². The molecule has 2 rings (SSSR count). The predicted octanol–water partition coefficient (Wildman–Crippen LogP) is 4.08. The molecule has 2 heteroatoms. The highest BCUT2D eigenvalue weighted by molar-refractivity contribution is 7.97. The van der Waals surface area contributed by atoms with Crippen LogP contribution in [0, 0.1) is 0 Å².